The van der Waals surface area contributed by atoms with Crippen LogP contribution in [0, 0.1) is 0 Å². The van der Waals surface area contributed by atoms with Crippen LogP contribution in [0.5, 0.6) is 5.88 Å². The molecule has 5 N–H and O–H groups in total. The number of aromatic amines is 1. The van der Waals surface area contributed by atoms with Gasteiger partial charge in [-0.05, 0) is 32.0 Å². The number of aliphatic hydroxyl groups is 4. The number of nitrogens with zero attached hydrogens (tertiary/aromatic N) is 2. The second-order valence-corrected chi connectivity index (χ2v) is 6.58. The molecule has 0 saturated carbocycles. The summed E-state index contributed by atoms with van der Waals surface area (Å²) < 4.78 is 10.9. The predicted molar refractivity (Wildman–Crippen MR) is 100 cm³/mol. The predicted octanol–water partition coefficient (Wildman–Crippen LogP) is -1.05. The smallest absolute Gasteiger partial charge is 0.272 e. The first kappa shape index (κ1) is 20.5. The van der Waals surface area contributed by atoms with Crippen molar-refractivity contribution in [1.29, 1.82) is 0 Å². The van der Waals surface area contributed by atoms with Crippen LogP contribution in [0.2, 0.25) is 0 Å². The Balaban J connectivity index is 1.95. The maximum Gasteiger partial charge on any atom is 0.272 e. The maximum atomic E-state index is 12.3. The largest absolute Gasteiger partial charge is 0.443 e. The highest BCUT2D eigenvalue weighted by Crippen LogP contribution is 2.28. The van der Waals surface area contributed by atoms with Crippen molar-refractivity contribution in [3.05, 3.63) is 28.6 Å². The molecule has 0 spiro atoms. The normalized spacial score (nSPS) is 27.7. The van der Waals surface area contributed by atoms with E-state index in [2.05, 4.69) is 15.1 Å². The van der Waals surface area contributed by atoms with E-state index in [0.29, 0.717) is 10.8 Å². The molecule has 154 valence electrons. The van der Waals surface area contributed by atoms with E-state index >= 15 is 0 Å². The quantitative estimate of drug-likeness (QED) is 0.413. The van der Waals surface area contributed by atoms with Crippen LogP contribution in [0.4, 0.5) is 5.69 Å². The zero-order valence-corrected chi connectivity index (χ0v) is 15.6. The Kier molecular flexibility index (Phi) is 6.16. The summed E-state index contributed by atoms with van der Waals surface area (Å²) >= 11 is 0. The number of ether oxygens (including phenoxy) is 2. The van der Waals surface area contributed by atoms with Gasteiger partial charge in [0.15, 0.2) is 0 Å². The lowest BCUT2D eigenvalue weighted by molar-refractivity contribution is -0.278. The Labute approximate surface area is 160 Å². The van der Waals surface area contributed by atoms with Crippen LogP contribution >= 0.6 is 0 Å². The van der Waals surface area contributed by atoms with Gasteiger partial charge in [0.05, 0.1) is 17.4 Å². The summed E-state index contributed by atoms with van der Waals surface area (Å²) in [6.45, 7) is 5.01. The van der Waals surface area contributed by atoms with E-state index in [-0.39, 0.29) is 5.88 Å². The topological polar surface area (TPSA) is 148 Å². The monoisotopic (exact) mass is 395 g/mol. The summed E-state index contributed by atoms with van der Waals surface area (Å²) in [5, 5.41) is 46.2. The van der Waals surface area contributed by atoms with E-state index in [1.165, 1.54) is 0 Å². The molecule has 10 heteroatoms. The molecule has 1 aromatic carbocycles. The fraction of sp³-hybridized carbons (Fsp3) is 0.556. The zero-order chi connectivity index (χ0) is 20.4. The highest BCUT2D eigenvalue weighted by Gasteiger charge is 2.45. The molecule has 28 heavy (non-hydrogen) atoms. The Bertz CT molecular complexity index is 868. The van der Waals surface area contributed by atoms with Gasteiger partial charge in [0, 0.05) is 18.8 Å². The van der Waals surface area contributed by atoms with Gasteiger partial charge in [-0.15, -0.1) is 5.10 Å². The van der Waals surface area contributed by atoms with Crippen molar-refractivity contribution in [2.24, 2.45) is 0 Å². The van der Waals surface area contributed by atoms with Crippen molar-refractivity contribution < 1.29 is 29.9 Å². The first-order valence-corrected chi connectivity index (χ1v) is 9.15. The fourth-order valence-corrected chi connectivity index (χ4v) is 3.28. The Morgan fingerprint density at radius 1 is 1.14 bits per heavy atom. The maximum absolute atomic E-state index is 12.3. The zero-order valence-electron chi connectivity index (χ0n) is 15.6. The Morgan fingerprint density at radius 3 is 2.50 bits per heavy atom. The molecule has 1 fully saturated rings. The minimum Gasteiger partial charge on any atom is -0.443 e. The average molecular weight is 395 g/mol. The van der Waals surface area contributed by atoms with Gasteiger partial charge in [0.1, 0.15) is 24.4 Å². The van der Waals surface area contributed by atoms with E-state index in [0.717, 1.165) is 18.8 Å². The van der Waals surface area contributed by atoms with Crippen LogP contribution in [0.25, 0.3) is 10.8 Å². The van der Waals surface area contributed by atoms with Crippen LogP contribution in [0.3, 0.4) is 0 Å². The summed E-state index contributed by atoms with van der Waals surface area (Å²) in [6, 6.07) is 5.24. The molecule has 2 aromatic rings. The number of nitrogens with one attached hydrogen (secondary N) is 1. The van der Waals surface area contributed by atoms with E-state index < -0.39 is 42.9 Å². The van der Waals surface area contributed by atoms with Gasteiger partial charge in [-0.25, -0.2) is 5.10 Å². The Hall–Kier alpha value is -2.24. The number of hydrogen-bond donors (Lipinski definition) is 5. The first-order chi connectivity index (χ1) is 13.4. The highest BCUT2D eigenvalue weighted by molar-refractivity contribution is 5.88. The minimum absolute atomic E-state index is 0.00923. The van der Waals surface area contributed by atoms with Crippen molar-refractivity contribution in [2.45, 2.75) is 44.6 Å². The molecule has 1 saturated heterocycles. The van der Waals surface area contributed by atoms with Crippen LogP contribution < -0.4 is 15.2 Å². The van der Waals surface area contributed by atoms with E-state index in [1.807, 2.05) is 19.9 Å². The van der Waals surface area contributed by atoms with Crippen molar-refractivity contribution in [1.82, 2.24) is 10.2 Å². The highest BCUT2D eigenvalue weighted by atomic mass is 16.7. The number of fused-ring (bicyclic) bond motifs is 1. The minimum atomic E-state index is -1.57. The number of benzene rings is 1. The second-order valence-electron chi connectivity index (χ2n) is 6.58. The summed E-state index contributed by atoms with van der Waals surface area (Å²) in [5.41, 5.74) is 0.471. The van der Waals surface area contributed by atoms with Crippen LogP contribution in [-0.4, -0.2) is 81.0 Å². The van der Waals surface area contributed by atoms with Gasteiger partial charge in [0.25, 0.3) is 5.56 Å². The van der Waals surface area contributed by atoms with Gasteiger partial charge < -0.3 is 34.8 Å². The van der Waals surface area contributed by atoms with E-state index in [1.54, 1.807) is 12.1 Å². The molecule has 3 rings (SSSR count). The van der Waals surface area contributed by atoms with Gasteiger partial charge in [0.2, 0.25) is 12.2 Å². The molecule has 0 unspecified atom stereocenters. The van der Waals surface area contributed by atoms with Crippen molar-refractivity contribution in [2.75, 3.05) is 24.6 Å². The van der Waals surface area contributed by atoms with E-state index in [9.17, 15) is 25.2 Å². The molecule has 0 amide bonds. The van der Waals surface area contributed by atoms with Crippen molar-refractivity contribution in [3.8, 4) is 5.88 Å². The fourth-order valence-electron chi connectivity index (χ4n) is 3.28. The van der Waals surface area contributed by atoms with Gasteiger partial charge in [-0.2, -0.15) is 0 Å². The summed E-state index contributed by atoms with van der Waals surface area (Å²) in [5.74, 6) is -0.00923. The summed E-state index contributed by atoms with van der Waals surface area (Å²) in [6.07, 6.45) is -7.13. The standard InChI is InChI=1S/C18H25N3O7/c1-3-21(4-2)9-5-6-10-11(7-9)16(26)19-20-17(10)28-18-15(25)14(24)13(23)12(8-22)27-18/h5-7,12-15,18,22-25H,3-4,8H2,1-2H3,(H,19,26)/t12-,13+,14+,15-,18+/m1/s1. The molecule has 5 atom stereocenters. The van der Waals surface area contributed by atoms with Gasteiger partial charge in [-0.3, -0.25) is 4.79 Å². The molecule has 2 heterocycles. The third kappa shape index (κ3) is 3.69. The van der Waals surface area contributed by atoms with Crippen molar-refractivity contribution in [3.63, 3.8) is 0 Å². The lowest BCUT2D eigenvalue weighted by Crippen LogP contribution is -2.60. The number of aliphatic hydroxyl groups excluding tert-OH is 4. The number of rotatable bonds is 6. The lowest BCUT2D eigenvalue weighted by atomic mass is 9.99. The molecule has 0 aliphatic carbocycles. The number of H-pyrrole nitrogens is 1. The Morgan fingerprint density at radius 2 is 1.86 bits per heavy atom. The second kappa shape index (κ2) is 8.41. The van der Waals surface area contributed by atoms with Crippen LogP contribution in [0.1, 0.15) is 13.8 Å². The molecular weight excluding hydrogens is 370 g/mol. The molecule has 1 aliphatic heterocycles. The molecule has 0 radical (unpaired) electrons. The summed E-state index contributed by atoms with van der Waals surface area (Å²) in [4.78, 5) is 14.3. The SMILES string of the molecule is CCN(CC)c1ccc2c(O[C@@H]3O[C@H](CO)[C@H](O)[C@H](O)[C@H]3O)n[nH]c(=O)c2c1. The summed E-state index contributed by atoms with van der Waals surface area (Å²) in [7, 11) is 0. The molecule has 0 bridgehead atoms. The third-order valence-electron chi connectivity index (χ3n) is 4.94. The van der Waals surface area contributed by atoms with Gasteiger partial charge >= 0.3 is 0 Å². The van der Waals surface area contributed by atoms with Crippen molar-refractivity contribution >= 4 is 16.5 Å². The average Bonchev–Trinajstić information content (AvgIpc) is 2.71. The lowest BCUT2D eigenvalue weighted by Gasteiger charge is -2.39. The number of anilines is 1. The molecule has 10 nitrogen and oxygen atoms in total. The molecular formula is C18H25N3O7. The third-order valence-corrected chi connectivity index (χ3v) is 4.94. The number of aromatic nitrogens is 2. The molecule has 1 aliphatic rings. The molecule has 1 aromatic heterocycles. The van der Waals surface area contributed by atoms with Crippen LogP contribution in [0.15, 0.2) is 23.0 Å². The van der Waals surface area contributed by atoms with Gasteiger partial charge in [-0.1, -0.05) is 0 Å². The first-order valence-electron chi connectivity index (χ1n) is 9.15. The van der Waals surface area contributed by atoms with E-state index in [4.69, 9.17) is 9.47 Å². The van der Waals surface area contributed by atoms with Crippen LogP contribution in [-0.2, 0) is 4.74 Å². The number of hydrogen-bond acceptors (Lipinski definition) is 9.